The van der Waals surface area contributed by atoms with Gasteiger partial charge in [0.05, 0.1) is 19.0 Å². The Hall–Kier alpha value is -3.44. The van der Waals surface area contributed by atoms with Crippen LogP contribution >= 0.6 is 0 Å². The van der Waals surface area contributed by atoms with E-state index < -0.39 is 40.8 Å². The molecule has 11 heteroatoms. The van der Waals surface area contributed by atoms with Gasteiger partial charge in [-0.3, -0.25) is 14.7 Å². The average molecular weight is 564 g/mol. The van der Waals surface area contributed by atoms with Gasteiger partial charge in [0.2, 0.25) is 5.82 Å². The molecule has 0 amide bonds. The smallest absolute Gasteiger partial charge is 0.303 e. The van der Waals surface area contributed by atoms with Gasteiger partial charge in [0.25, 0.3) is 0 Å². The number of hydrogen-bond donors (Lipinski definition) is 2. The SMILES string of the molecule is COc1ccc2ncc(CN)c(C(F)CCC3(CC(=O)O)CCN(CCOc4cc(F)cc(F)c4F)CC3)c2c1. The number of carboxylic acid groups (broad SMARTS) is 1. The Bertz CT molecular complexity index is 1340. The number of hydrogen-bond acceptors (Lipinski definition) is 6. The van der Waals surface area contributed by atoms with Gasteiger partial charge in [0.1, 0.15) is 24.3 Å². The van der Waals surface area contributed by atoms with Gasteiger partial charge in [-0.25, -0.2) is 13.2 Å². The van der Waals surface area contributed by atoms with Gasteiger partial charge in [-0.1, -0.05) is 0 Å². The summed E-state index contributed by atoms with van der Waals surface area (Å²) in [5.74, 6) is -4.39. The zero-order valence-corrected chi connectivity index (χ0v) is 22.3. The molecule has 0 radical (unpaired) electrons. The minimum Gasteiger partial charge on any atom is -0.497 e. The highest BCUT2D eigenvalue weighted by molar-refractivity contribution is 5.85. The highest BCUT2D eigenvalue weighted by atomic mass is 19.2. The van der Waals surface area contributed by atoms with Crippen LogP contribution in [-0.2, 0) is 11.3 Å². The fourth-order valence-corrected chi connectivity index (χ4v) is 5.48. The Morgan fingerprint density at radius 1 is 1.20 bits per heavy atom. The van der Waals surface area contributed by atoms with E-state index in [9.17, 15) is 23.1 Å². The first-order chi connectivity index (χ1) is 19.1. The third-order valence-electron chi connectivity index (χ3n) is 7.73. The van der Waals surface area contributed by atoms with Crippen molar-refractivity contribution in [3.8, 4) is 11.5 Å². The van der Waals surface area contributed by atoms with E-state index in [-0.39, 0.29) is 26.0 Å². The van der Waals surface area contributed by atoms with Crippen LogP contribution in [-0.4, -0.2) is 54.3 Å². The van der Waals surface area contributed by atoms with Gasteiger partial charge < -0.3 is 20.3 Å². The van der Waals surface area contributed by atoms with Crippen molar-refractivity contribution in [2.24, 2.45) is 11.1 Å². The first-order valence-electron chi connectivity index (χ1n) is 13.2. The van der Waals surface area contributed by atoms with Crippen LogP contribution in [0.15, 0.2) is 36.5 Å². The minimum absolute atomic E-state index is 0.00125. The lowest BCUT2D eigenvalue weighted by atomic mass is 9.71. The number of pyridine rings is 1. The first-order valence-corrected chi connectivity index (χ1v) is 13.2. The number of carbonyl (C=O) groups is 1. The number of nitrogens with zero attached hydrogens (tertiary/aromatic N) is 2. The largest absolute Gasteiger partial charge is 0.497 e. The summed E-state index contributed by atoms with van der Waals surface area (Å²) in [6, 6.07) is 6.48. The van der Waals surface area contributed by atoms with Crippen LogP contribution in [0.5, 0.6) is 11.5 Å². The van der Waals surface area contributed by atoms with Gasteiger partial charge in [-0.05, 0) is 68.0 Å². The summed E-state index contributed by atoms with van der Waals surface area (Å²) in [6.45, 7) is 1.52. The molecule has 4 rings (SSSR count). The number of rotatable bonds is 12. The quantitative estimate of drug-likeness (QED) is 0.220. The van der Waals surface area contributed by atoms with Gasteiger partial charge in [-0.15, -0.1) is 0 Å². The number of methoxy groups -OCH3 is 1. The van der Waals surface area contributed by atoms with E-state index in [0.29, 0.717) is 72.7 Å². The molecule has 2 aromatic carbocycles. The Labute approximate surface area is 229 Å². The number of aliphatic carboxylic acids is 1. The maximum absolute atomic E-state index is 15.9. The molecule has 1 saturated heterocycles. The monoisotopic (exact) mass is 563 g/mol. The molecule has 0 bridgehead atoms. The molecular formula is C29H33F4N3O4. The molecule has 1 aliphatic rings. The standard InChI is InChI=1S/C29H33F4N3O4/c1-39-20-2-3-24-21(14-20)27(18(16-34)17-35-24)22(31)4-5-29(15-26(37)38)6-8-36(9-7-29)10-11-40-25-13-19(30)12-23(32)28(25)33/h2-3,12-14,17,22H,4-11,15-16,34H2,1H3,(H,37,38). The lowest BCUT2D eigenvalue weighted by Gasteiger charge is -2.41. The van der Waals surface area contributed by atoms with Gasteiger partial charge in [-0.2, -0.15) is 4.39 Å². The van der Waals surface area contributed by atoms with Crippen molar-refractivity contribution in [2.45, 2.75) is 44.8 Å². The number of halogens is 4. The van der Waals surface area contributed by atoms with Gasteiger partial charge >= 0.3 is 5.97 Å². The van der Waals surface area contributed by atoms with E-state index >= 15 is 4.39 Å². The molecule has 7 nitrogen and oxygen atoms in total. The number of aromatic nitrogens is 1. The molecule has 1 atom stereocenters. The zero-order valence-electron chi connectivity index (χ0n) is 22.3. The molecule has 2 heterocycles. The van der Waals surface area contributed by atoms with E-state index in [1.807, 2.05) is 4.90 Å². The van der Waals surface area contributed by atoms with Crippen LogP contribution in [0.2, 0.25) is 0 Å². The summed E-state index contributed by atoms with van der Waals surface area (Å²) in [5.41, 5.74) is 6.96. The summed E-state index contributed by atoms with van der Waals surface area (Å²) in [4.78, 5) is 18.2. The Morgan fingerprint density at radius 3 is 2.62 bits per heavy atom. The van der Waals surface area contributed by atoms with E-state index in [4.69, 9.17) is 15.2 Å². The number of carboxylic acids is 1. The van der Waals surface area contributed by atoms with Crippen LogP contribution in [0.1, 0.15) is 49.4 Å². The van der Waals surface area contributed by atoms with E-state index in [1.165, 1.54) is 7.11 Å². The number of fused-ring (bicyclic) bond motifs is 1. The molecule has 216 valence electrons. The topological polar surface area (TPSA) is 97.9 Å². The second kappa shape index (κ2) is 12.8. The van der Waals surface area contributed by atoms with Crippen LogP contribution in [0.3, 0.4) is 0 Å². The number of nitrogens with two attached hydrogens (primary N) is 1. The maximum Gasteiger partial charge on any atom is 0.303 e. The third-order valence-corrected chi connectivity index (χ3v) is 7.73. The molecule has 0 saturated carbocycles. The van der Waals surface area contributed by atoms with Gasteiger partial charge in [0, 0.05) is 42.4 Å². The molecule has 0 aliphatic carbocycles. The number of benzene rings is 2. The second-order valence-electron chi connectivity index (χ2n) is 10.3. The maximum atomic E-state index is 15.9. The Kier molecular flexibility index (Phi) is 9.47. The number of ether oxygens (including phenoxy) is 2. The molecule has 1 fully saturated rings. The highest BCUT2D eigenvalue weighted by Crippen LogP contribution is 2.43. The highest BCUT2D eigenvalue weighted by Gasteiger charge is 2.37. The predicted octanol–water partition coefficient (Wildman–Crippen LogP) is 5.55. The van der Waals surface area contributed by atoms with Crippen LogP contribution < -0.4 is 15.2 Å². The average Bonchev–Trinajstić information content (AvgIpc) is 2.94. The van der Waals surface area contributed by atoms with Crippen molar-refractivity contribution in [2.75, 3.05) is 33.4 Å². The molecular weight excluding hydrogens is 530 g/mol. The van der Waals surface area contributed by atoms with Crippen molar-refractivity contribution in [1.29, 1.82) is 0 Å². The summed E-state index contributed by atoms with van der Waals surface area (Å²) >= 11 is 0. The molecule has 1 aromatic heterocycles. The molecule has 0 spiro atoms. The minimum atomic E-state index is -1.38. The van der Waals surface area contributed by atoms with E-state index in [1.54, 1.807) is 24.4 Å². The van der Waals surface area contributed by atoms with E-state index in [0.717, 1.165) is 6.07 Å². The Balaban J connectivity index is 1.41. The van der Waals surface area contributed by atoms with Crippen LogP contribution in [0.4, 0.5) is 17.6 Å². The molecule has 3 aromatic rings. The third kappa shape index (κ3) is 6.82. The summed E-state index contributed by atoms with van der Waals surface area (Å²) in [7, 11) is 1.53. The van der Waals surface area contributed by atoms with Crippen LogP contribution in [0.25, 0.3) is 10.9 Å². The summed E-state index contributed by atoms with van der Waals surface area (Å²) in [6.07, 6.45) is 1.61. The van der Waals surface area contributed by atoms with Crippen molar-refractivity contribution >= 4 is 16.9 Å². The molecule has 1 aliphatic heterocycles. The predicted molar refractivity (Wildman–Crippen MR) is 141 cm³/mol. The van der Waals surface area contributed by atoms with Crippen LogP contribution in [0, 0.1) is 22.9 Å². The van der Waals surface area contributed by atoms with Gasteiger partial charge in [0.15, 0.2) is 11.6 Å². The fraction of sp³-hybridized carbons (Fsp3) is 0.448. The molecule has 3 N–H and O–H groups in total. The molecule has 1 unspecified atom stereocenters. The van der Waals surface area contributed by atoms with Crippen molar-refractivity contribution in [3.05, 3.63) is 65.1 Å². The second-order valence-corrected chi connectivity index (χ2v) is 10.3. The number of likely N-dealkylation sites (tertiary alicyclic amines) is 1. The van der Waals surface area contributed by atoms with E-state index in [2.05, 4.69) is 4.98 Å². The van der Waals surface area contributed by atoms with Crippen molar-refractivity contribution in [1.82, 2.24) is 9.88 Å². The van der Waals surface area contributed by atoms with Crippen molar-refractivity contribution < 1.29 is 36.9 Å². The first kappa shape index (κ1) is 29.5. The van der Waals surface area contributed by atoms with Crippen molar-refractivity contribution in [3.63, 3.8) is 0 Å². The number of alkyl halides is 1. The molecule has 40 heavy (non-hydrogen) atoms. The summed E-state index contributed by atoms with van der Waals surface area (Å²) in [5, 5.41) is 10.3. The normalized spacial score (nSPS) is 16.1. The fourth-order valence-electron chi connectivity index (χ4n) is 5.48. The zero-order chi connectivity index (χ0) is 28.9. The summed E-state index contributed by atoms with van der Waals surface area (Å²) < 4.78 is 67.1. The lowest BCUT2D eigenvalue weighted by molar-refractivity contribution is -0.141. The Morgan fingerprint density at radius 2 is 1.95 bits per heavy atom. The number of piperidine rings is 1. The lowest BCUT2D eigenvalue weighted by Crippen LogP contribution is -2.42.